The average molecular weight is 278 g/mol. The maximum Gasteiger partial charge on any atom is 0.118 e. The van der Waals surface area contributed by atoms with E-state index in [0.717, 1.165) is 30.5 Å². The highest BCUT2D eigenvalue weighted by Crippen LogP contribution is 2.23. The van der Waals surface area contributed by atoms with E-state index in [1.54, 1.807) is 0 Å². The smallest absolute Gasteiger partial charge is 0.118 e. The lowest BCUT2D eigenvalue weighted by Crippen LogP contribution is -2.34. The molecule has 3 heteroatoms. The first-order valence-corrected chi connectivity index (χ1v) is 7.93. The van der Waals surface area contributed by atoms with E-state index >= 15 is 0 Å². The third-order valence-corrected chi connectivity index (χ3v) is 4.21. The quantitative estimate of drug-likeness (QED) is 0.890. The molecule has 0 aliphatic carbocycles. The van der Waals surface area contributed by atoms with Crippen molar-refractivity contribution in [3.63, 3.8) is 0 Å². The fourth-order valence-corrected chi connectivity index (χ4v) is 2.81. The normalized spacial score (nSPS) is 20.8. The van der Waals surface area contributed by atoms with Gasteiger partial charge in [0.05, 0.1) is 6.54 Å². The molecular formula is C17H30N2O. The van der Waals surface area contributed by atoms with Gasteiger partial charge >= 0.3 is 0 Å². The Bertz CT molecular complexity index is 431. The minimum Gasteiger partial charge on any atom is -0.465 e. The molecule has 1 fully saturated rings. The van der Waals surface area contributed by atoms with Gasteiger partial charge in [-0.25, -0.2) is 0 Å². The molecule has 1 aliphatic rings. The SMILES string of the molecule is CCC1CCN(Cc2cc(CNC(C)(C)C)oc2C)C1. The van der Waals surface area contributed by atoms with Crippen molar-refractivity contribution in [1.29, 1.82) is 0 Å². The third-order valence-electron chi connectivity index (χ3n) is 4.21. The van der Waals surface area contributed by atoms with Gasteiger partial charge in [-0.3, -0.25) is 4.90 Å². The highest BCUT2D eigenvalue weighted by Gasteiger charge is 2.22. The summed E-state index contributed by atoms with van der Waals surface area (Å²) in [7, 11) is 0. The zero-order valence-corrected chi connectivity index (χ0v) is 13.8. The summed E-state index contributed by atoms with van der Waals surface area (Å²) < 4.78 is 5.88. The Balaban J connectivity index is 1.91. The summed E-state index contributed by atoms with van der Waals surface area (Å²) in [6.07, 6.45) is 2.66. The van der Waals surface area contributed by atoms with Crippen LogP contribution in [0.15, 0.2) is 10.5 Å². The lowest BCUT2D eigenvalue weighted by atomic mass is 10.1. The predicted octanol–water partition coefficient (Wildman–Crippen LogP) is 3.71. The Morgan fingerprint density at radius 3 is 2.75 bits per heavy atom. The minimum atomic E-state index is 0.129. The van der Waals surface area contributed by atoms with Gasteiger partial charge in [0.2, 0.25) is 0 Å². The van der Waals surface area contributed by atoms with E-state index in [9.17, 15) is 0 Å². The van der Waals surface area contributed by atoms with Crippen molar-refractivity contribution in [3.8, 4) is 0 Å². The molecular weight excluding hydrogens is 248 g/mol. The summed E-state index contributed by atoms with van der Waals surface area (Å²) in [4.78, 5) is 2.56. The molecule has 1 aromatic rings. The van der Waals surface area contributed by atoms with Gasteiger partial charge in [0, 0.05) is 24.2 Å². The zero-order valence-electron chi connectivity index (χ0n) is 13.8. The number of nitrogens with one attached hydrogen (secondary N) is 1. The first-order chi connectivity index (χ1) is 9.37. The van der Waals surface area contributed by atoms with Crippen LogP contribution in [0.2, 0.25) is 0 Å². The van der Waals surface area contributed by atoms with E-state index in [-0.39, 0.29) is 5.54 Å². The van der Waals surface area contributed by atoms with Gasteiger partial charge in [0.15, 0.2) is 0 Å². The predicted molar refractivity (Wildman–Crippen MR) is 83.7 cm³/mol. The summed E-state index contributed by atoms with van der Waals surface area (Å²) >= 11 is 0. The van der Waals surface area contributed by atoms with Crippen molar-refractivity contribution < 1.29 is 4.42 Å². The Hall–Kier alpha value is -0.800. The van der Waals surface area contributed by atoms with Crippen LogP contribution in [-0.4, -0.2) is 23.5 Å². The second-order valence-electron chi connectivity index (χ2n) is 7.20. The molecule has 0 aromatic carbocycles. The molecule has 114 valence electrons. The van der Waals surface area contributed by atoms with Crippen LogP contribution in [0.1, 0.15) is 57.6 Å². The average Bonchev–Trinajstić information content (AvgIpc) is 2.94. The zero-order chi connectivity index (χ0) is 14.8. The van der Waals surface area contributed by atoms with E-state index in [4.69, 9.17) is 4.42 Å². The van der Waals surface area contributed by atoms with Gasteiger partial charge in [-0.2, -0.15) is 0 Å². The standard InChI is InChI=1S/C17H30N2O/c1-6-14-7-8-19(11-14)12-15-9-16(20-13(15)2)10-18-17(3,4)5/h9,14,18H,6-8,10-12H2,1-5H3. The molecule has 0 spiro atoms. The topological polar surface area (TPSA) is 28.4 Å². The maximum atomic E-state index is 5.88. The van der Waals surface area contributed by atoms with Gasteiger partial charge in [-0.05, 0) is 52.6 Å². The number of rotatable bonds is 5. The first kappa shape index (κ1) is 15.6. The van der Waals surface area contributed by atoms with Crippen molar-refractivity contribution in [2.24, 2.45) is 5.92 Å². The van der Waals surface area contributed by atoms with Crippen LogP contribution in [0, 0.1) is 12.8 Å². The van der Waals surface area contributed by atoms with Gasteiger partial charge in [-0.15, -0.1) is 0 Å². The summed E-state index contributed by atoms with van der Waals surface area (Å²) in [5.41, 5.74) is 1.48. The molecule has 2 heterocycles. The molecule has 0 bridgehead atoms. The molecule has 3 nitrogen and oxygen atoms in total. The number of furan rings is 1. The van der Waals surface area contributed by atoms with E-state index in [2.05, 4.69) is 50.9 Å². The van der Waals surface area contributed by atoms with Crippen molar-refractivity contribution >= 4 is 0 Å². The van der Waals surface area contributed by atoms with Gasteiger partial charge < -0.3 is 9.73 Å². The van der Waals surface area contributed by atoms with Crippen LogP contribution in [-0.2, 0) is 13.1 Å². The van der Waals surface area contributed by atoms with Crippen molar-refractivity contribution in [2.75, 3.05) is 13.1 Å². The van der Waals surface area contributed by atoms with Crippen LogP contribution in [0.25, 0.3) is 0 Å². The fourth-order valence-electron chi connectivity index (χ4n) is 2.81. The Labute approximate surface area is 123 Å². The Kier molecular flexibility index (Phi) is 4.92. The van der Waals surface area contributed by atoms with E-state index in [1.807, 2.05) is 0 Å². The van der Waals surface area contributed by atoms with Crippen molar-refractivity contribution in [3.05, 3.63) is 23.2 Å². The molecule has 20 heavy (non-hydrogen) atoms. The molecule has 1 aliphatic heterocycles. The fraction of sp³-hybridized carbons (Fsp3) is 0.765. The summed E-state index contributed by atoms with van der Waals surface area (Å²) in [6, 6.07) is 2.23. The van der Waals surface area contributed by atoms with Gasteiger partial charge in [0.25, 0.3) is 0 Å². The first-order valence-electron chi connectivity index (χ1n) is 7.93. The molecule has 2 rings (SSSR count). The van der Waals surface area contributed by atoms with Crippen LogP contribution in [0.4, 0.5) is 0 Å². The second kappa shape index (κ2) is 6.31. The molecule has 1 N–H and O–H groups in total. The summed E-state index contributed by atoms with van der Waals surface area (Å²) in [5, 5.41) is 3.48. The van der Waals surface area contributed by atoms with E-state index in [0.29, 0.717) is 0 Å². The Morgan fingerprint density at radius 1 is 1.40 bits per heavy atom. The van der Waals surface area contributed by atoms with Crippen LogP contribution in [0.5, 0.6) is 0 Å². The number of hydrogen-bond acceptors (Lipinski definition) is 3. The lowest BCUT2D eigenvalue weighted by molar-refractivity contribution is 0.312. The molecule has 1 unspecified atom stereocenters. The number of hydrogen-bond donors (Lipinski definition) is 1. The molecule has 1 atom stereocenters. The summed E-state index contributed by atoms with van der Waals surface area (Å²) in [6.45, 7) is 15.3. The monoisotopic (exact) mass is 278 g/mol. The largest absolute Gasteiger partial charge is 0.465 e. The number of aryl methyl sites for hydroxylation is 1. The lowest BCUT2D eigenvalue weighted by Gasteiger charge is -2.19. The minimum absolute atomic E-state index is 0.129. The number of likely N-dealkylation sites (tertiary alicyclic amines) is 1. The molecule has 0 radical (unpaired) electrons. The van der Waals surface area contributed by atoms with E-state index < -0.39 is 0 Å². The highest BCUT2D eigenvalue weighted by molar-refractivity contribution is 5.21. The highest BCUT2D eigenvalue weighted by atomic mass is 16.3. The Morgan fingerprint density at radius 2 is 2.15 bits per heavy atom. The molecule has 0 saturated carbocycles. The van der Waals surface area contributed by atoms with Gasteiger partial charge in [-0.1, -0.05) is 13.3 Å². The van der Waals surface area contributed by atoms with Crippen molar-refractivity contribution in [1.82, 2.24) is 10.2 Å². The molecule has 1 saturated heterocycles. The van der Waals surface area contributed by atoms with Crippen LogP contribution < -0.4 is 5.32 Å². The molecule has 0 amide bonds. The van der Waals surface area contributed by atoms with Crippen molar-refractivity contribution in [2.45, 2.75) is 66.1 Å². The molecule has 1 aromatic heterocycles. The second-order valence-corrected chi connectivity index (χ2v) is 7.20. The maximum absolute atomic E-state index is 5.88. The summed E-state index contributed by atoms with van der Waals surface area (Å²) in [5.74, 6) is 3.03. The third kappa shape index (κ3) is 4.35. The van der Waals surface area contributed by atoms with E-state index in [1.165, 1.54) is 31.5 Å². The van der Waals surface area contributed by atoms with Gasteiger partial charge in [0.1, 0.15) is 11.5 Å². The van der Waals surface area contributed by atoms with Crippen LogP contribution in [0.3, 0.4) is 0 Å². The number of nitrogens with zero attached hydrogens (tertiary/aromatic N) is 1. The van der Waals surface area contributed by atoms with Crippen LogP contribution >= 0.6 is 0 Å².